The average molecular weight is 257 g/mol. The molecule has 6 heteroatoms. The summed E-state index contributed by atoms with van der Waals surface area (Å²) >= 11 is 0. The quantitative estimate of drug-likeness (QED) is 0.781. The summed E-state index contributed by atoms with van der Waals surface area (Å²) in [6, 6.07) is 8.51. The lowest BCUT2D eigenvalue weighted by molar-refractivity contribution is 0.414. The number of hydrogen-bond acceptors (Lipinski definition) is 4. The van der Waals surface area contributed by atoms with Gasteiger partial charge in [-0.2, -0.15) is 5.26 Å². The maximum atomic E-state index is 12.0. The molecule has 0 unspecified atom stereocenters. The van der Waals surface area contributed by atoms with E-state index in [0.717, 1.165) is 4.57 Å². The highest BCUT2D eigenvalue weighted by Gasteiger charge is 2.09. The van der Waals surface area contributed by atoms with E-state index in [1.165, 1.54) is 17.8 Å². The molecule has 1 heterocycles. The Balaban J connectivity index is 2.69. The molecule has 0 atom stereocenters. The summed E-state index contributed by atoms with van der Waals surface area (Å²) in [4.78, 5) is 23.6. The van der Waals surface area contributed by atoms with Crippen LogP contribution in [0.25, 0.3) is 5.69 Å². The standard InChI is InChI=1S/C13H11N3O3/c1-15-12(17)9(7-14)8-16(13(15)18)10-3-5-11(19-2)6-4-10/h3-6,8H,1-2H3. The summed E-state index contributed by atoms with van der Waals surface area (Å²) in [6.07, 6.45) is 1.24. The maximum Gasteiger partial charge on any atom is 0.335 e. The molecule has 0 aliphatic carbocycles. The molecule has 1 aromatic heterocycles. The minimum absolute atomic E-state index is 0.0853. The summed E-state index contributed by atoms with van der Waals surface area (Å²) in [5, 5.41) is 8.89. The Kier molecular flexibility index (Phi) is 3.21. The maximum absolute atomic E-state index is 12.0. The molecule has 0 aliphatic rings. The van der Waals surface area contributed by atoms with Gasteiger partial charge in [-0.1, -0.05) is 0 Å². The molecule has 1 aromatic carbocycles. The van der Waals surface area contributed by atoms with E-state index < -0.39 is 11.2 Å². The van der Waals surface area contributed by atoms with Crippen LogP contribution in [0.1, 0.15) is 5.56 Å². The highest BCUT2D eigenvalue weighted by atomic mass is 16.5. The van der Waals surface area contributed by atoms with Gasteiger partial charge in [-0.05, 0) is 24.3 Å². The zero-order valence-corrected chi connectivity index (χ0v) is 10.5. The predicted octanol–water partition coefficient (Wildman–Crippen LogP) is 0.416. The second-order valence-electron chi connectivity index (χ2n) is 3.87. The largest absolute Gasteiger partial charge is 0.497 e. The number of hydrogen-bond donors (Lipinski definition) is 0. The zero-order chi connectivity index (χ0) is 14.0. The van der Waals surface area contributed by atoms with Gasteiger partial charge in [0.1, 0.15) is 17.4 Å². The van der Waals surface area contributed by atoms with E-state index >= 15 is 0 Å². The fraction of sp³-hybridized carbons (Fsp3) is 0.154. The number of aromatic nitrogens is 2. The van der Waals surface area contributed by atoms with Crippen LogP contribution in [0.2, 0.25) is 0 Å². The highest BCUT2D eigenvalue weighted by molar-refractivity contribution is 5.38. The van der Waals surface area contributed by atoms with Crippen molar-refractivity contribution in [2.45, 2.75) is 0 Å². The van der Waals surface area contributed by atoms with Crippen molar-refractivity contribution in [1.29, 1.82) is 5.26 Å². The summed E-state index contributed by atoms with van der Waals surface area (Å²) in [5.74, 6) is 0.655. The van der Waals surface area contributed by atoms with Crippen LogP contribution in [0, 0.1) is 11.3 Å². The number of ether oxygens (including phenoxy) is 1. The van der Waals surface area contributed by atoms with Crippen LogP contribution in [-0.4, -0.2) is 16.2 Å². The van der Waals surface area contributed by atoms with Crippen LogP contribution in [0.15, 0.2) is 40.1 Å². The highest BCUT2D eigenvalue weighted by Crippen LogP contribution is 2.13. The molecular weight excluding hydrogens is 246 g/mol. The minimum Gasteiger partial charge on any atom is -0.497 e. The van der Waals surface area contributed by atoms with Gasteiger partial charge in [0.05, 0.1) is 12.8 Å². The first-order chi connectivity index (χ1) is 9.08. The Morgan fingerprint density at radius 1 is 1.21 bits per heavy atom. The molecule has 0 N–H and O–H groups in total. The molecule has 96 valence electrons. The zero-order valence-electron chi connectivity index (χ0n) is 10.5. The first-order valence-corrected chi connectivity index (χ1v) is 5.45. The third kappa shape index (κ3) is 2.13. The molecule has 0 bridgehead atoms. The van der Waals surface area contributed by atoms with Gasteiger partial charge in [0.15, 0.2) is 0 Å². The van der Waals surface area contributed by atoms with Crippen LogP contribution in [-0.2, 0) is 7.05 Å². The van der Waals surface area contributed by atoms with E-state index in [1.54, 1.807) is 37.4 Å². The van der Waals surface area contributed by atoms with E-state index in [0.29, 0.717) is 11.4 Å². The average Bonchev–Trinajstić information content (AvgIpc) is 2.45. The molecule has 19 heavy (non-hydrogen) atoms. The Labute approximate surface area is 108 Å². The van der Waals surface area contributed by atoms with Gasteiger partial charge in [0.25, 0.3) is 5.56 Å². The van der Waals surface area contributed by atoms with Crippen molar-refractivity contribution in [3.63, 3.8) is 0 Å². The van der Waals surface area contributed by atoms with E-state index in [4.69, 9.17) is 10.00 Å². The molecular formula is C13H11N3O3. The number of benzene rings is 1. The van der Waals surface area contributed by atoms with Gasteiger partial charge >= 0.3 is 5.69 Å². The van der Waals surface area contributed by atoms with Crippen molar-refractivity contribution in [2.75, 3.05) is 7.11 Å². The third-order valence-corrected chi connectivity index (χ3v) is 2.76. The minimum atomic E-state index is -0.600. The summed E-state index contributed by atoms with van der Waals surface area (Å²) < 4.78 is 7.18. The van der Waals surface area contributed by atoms with Crippen molar-refractivity contribution in [3.8, 4) is 17.5 Å². The fourth-order valence-corrected chi connectivity index (χ4v) is 1.67. The lowest BCUT2D eigenvalue weighted by Crippen LogP contribution is -2.38. The predicted molar refractivity (Wildman–Crippen MR) is 68.5 cm³/mol. The van der Waals surface area contributed by atoms with E-state index in [9.17, 15) is 9.59 Å². The second kappa shape index (κ2) is 4.82. The van der Waals surface area contributed by atoms with E-state index in [2.05, 4.69) is 0 Å². The van der Waals surface area contributed by atoms with Crippen molar-refractivity contribution in [1.82, 2.24) is 9.13 Å². The molecule has 2 aromatic rings. The summed E-state index contributed by atoms with van der Waals surface area (Å²) in [5.41, 5.74) is -0.637. The smallest absolute Gasteiger partial charge is 0.335 e. The number of rotatable bonds is 2. The molecule has 0 fully saturated rings. The molecule has 0 spiro atoms. The van der Waals surface area contributed by atoms with Gasteiger partial charge in [0.2, 0.25) is 0 Å². The first-order valence-electron chi connectivity index (χ1n) is 5.45. The third-order valence-electron chi connectivity index (χ3n) is 2.76. The van der Waals surface area contributed by atoms with Gasteiger partial charge in [-0.25, -0.2) is 4.79 Å². The SMILES string of the molecule is COc1ccc(-n2cc(C#N)c(=O)n(C)c2=O)cc1. The van der Waals surface area contributed by atoms with Crippen LogP contribution in [0.3, 0.4) is 0 Å². The van der Waals surface area contributed by atoms with Crippen molar-refractivity contribution >= 4 is 0 Å². The topological polar surface area (TPSA) is 77.0 Å². The van der Waals surface area contributed by atoms with Crippen molar-refractivity contribution in [3.05, 3.63) is 56.9 Å². The second-order valence-corrected chi connectivity index (χ2v) is 3.87. The molecule has 0 aliphatic heterocycles. The van der Waals surface area contributed by atoms with Crippen LogP contribution >= 0.6 is 0 Å². The molecule has 2 rings (SSSR count). The monoisotopic (exact) mass is 257 g/mol. The summed E-state index contributed by atoms with van der Waals surface area (Å²) in [6.45, 7) is 0. The molecule has 0 saturated heterocycles. The van der Waals surface area contributed by atoms with E-state index in [1.807, 2.05) is 0 Å². The molecule has 0 saturated carbocycles. The van der Waals surface area contributed by atoms with Gasteiger partial charge < -0.3 is 4.74 Å². The Hall–Kier alpha value is -2.81. The van der Waals surface area contributed by atoms with Crippen LogP contribution < -0.4 is 16.0 Å². The number of nitrogens with zero attached hydrogens (tertiary/aromatic N) is 3. The van der Waals surface area contributed by atoms with Gasteiger partial charge in [-0.3, -0.25) is 13.9 Å². The van der Waals surface area contributed by atoms with Gasteiger partial charge in [-0.15, -0.1) is 0 Å². The van der Waals surface area contributed by atoms with Crippen molar-refractivity contribution < 1.29 is 4.74 Å². The van der Waals surface area contributed by atoms with Crippen molar-refractivity contribution in [2.24, 2.45) is 7.05 Å². The fourth-order valence-electron chi connectivity index (χ4n) is 1.67. The summed E-state index contributed by atoms with van der Waals surface area (Å²) in [7, 11) is 2.88. The van der Waals surface area contributed by atoms with Gasteiger partial charge in [0, 0.05) is 13.2 Å². The molecule has 6 nitrogen and oxygen atoms in total. The lowest BCUT2D eigenvalue weighted by Gasteiger charge is -2.08. The Bertz CT molecular complexity index is 764. The lowest BCUT2D eigenvalue weighted by atomic mass is 10.3. The Morgan fingerprint density at radius 2 is 1.84 bits per heavy atom. The molecule has 0 amide bonds. The van der Waals surface area contributed by atoms with E-state index in [-0.39, 0.29) is 5.56 Å². The Morgan fingerprint density at radius 3 is 2.37 bits per heavy atom. The number of nitriles is 1. The van der Waals surface area contributed by atoms with Crippen LogP contribution in [0.5, 0.6) is 5.75 Å². The first kappa shape index (κ1) is 12.6. The van der Waals surface area contributed by atoms with Crippen LogP contribution in [0.4, 0.5) is 0 Å². The normalized spacial score (nSPS) is 9.95. The molecule has 0 radical (unpaired) electrons. The number of methoxy groups -OCH3 is 1.